The standard InChI is InChI=1S/C17H18ClFN2O3S/c1-11(2)21(3)25(23,24)14-7-5-13(6-8-14)20-17(22)15-9-4-12(19)10-16(15)18/h4-11H,1-3H3,(H,20,22). The molecule has 0 aliphatic rings. The number of carbonyl (C=O) groups excluding carboxylic acids is 1. The summed E-state index contributed by atoms with van der Waals surface area (Å²) in [5, 5.41) is 2.59. The average Bonchev–Trinajstić information content (AvgIpc) is 2.54. The Balaban J connectivity index is 2.19. The molecular formula is C17H18ClFN2O3S. The molecule has 0 unspecified atom stereocenters. The second kappa shape index (κ2) is 7.51. The van der Waals surface area contributed by atoms with E-state index in [-0.39, 0.29) is 21.5 Å². The fourth-order valence-corrected chi connectivity index (χ4v) is 3.65. The summed E-state index contributed by atoms with van der Waals surface area (Å²) in [5.74, 6) is -1.05. The minimum Gasteiger partial charge on any atom is -0.322 e. The molecule has 8 heteroatoms. The van der Waals surface area contributed by atoms with Crippen LogP contribution in [0.25, 0.3) is 0 Å². The smallest absolute Gasteiger partial charge is 0.257 e. The molecule has 0 bridgehead atoms. The van der Waals surface area contributed by atoms with E-state index < -0.39 is 21.7 Å². The van der Waals surface area contributed by atoms with Gasteiger partial charge in [0.05, 0.1) is 15.5 Å². The first-order valence-corrected chi connectivity index (χ1v) is 9.29. The highest BCUT2D eigenvalue weighted by Gasteiger charge is 2.23. The van der Waals surface area contributed by atoms with Crippen LogP contribution >= 0.6 is 11.6 Å². The lowest BCUT2D eigenvalue weighted by Gasteiger charge is -2.21. The van der Waals surface area contributed by atoms with Crippen molar-refractivity contribution in [2.45, 2.75) is 24.8 Å². The van der Waals surface area contributed by atoms with Crippen LogP contribution in [0.15, 0.2) is 47.4 Å². The topological polar surface area (TPSA) is 66.5 Å². The molecule has 25 heavy (non-hydrogen) atoms. The third kappa shape index (κ3) is 4.36. The molecule has 2 aromatic carbocycles. The van der Waals surface area contributed by atoms with Gasteiger partial charge in [-0.15, -0.1) is 0 Å². The van der Waals surface area contributed by atoms with E-state index in [0.717, 1.165) is 12.1 Å². The first-order valence-electron chi connectivity index (χ1n) is 7.47. The highest BCUT2D eigenvalue weighted by molar-refractivity contribution is 7.89. The molecule has 0 heterocycles. The summed E-state index contributed by atoms with van der Waals surface area (Å²) in [6.07, 6.45) is 0. The van der Waals surface area contributed by atoms with Crippen LogP contribution in [0.3, 0.4) is 0 Å². The van der Waals surface area contributed by atoms with E-state index in [9.17, 15) is 17.6 Å². The molecule has 0 aliphatic heterocycles. The maximum Gasteiger partial charge on any atom is 0.257 e. The van der Waals surface area contributed by atoms with Crippen LogP contribution in [0.2, 0.25) is 5.02 Å². The quantitative estimate of drug-likeness (QED) is 0.853. The zero-order valence-corrected chi connectivity index (χ0v) is 15.5. The molecule has 0 saturated carbocycles. The predicted octanol–water partition coefficient (Wildman–Crippen LogP) is 3.76. The number of hydrogen-bond acceptors (Lipinski definition) is 3. The Labute approximate surface area is 151 Å². The van der Waals surface area contributed by atoms with E-state index in [2.05, 4.69) is 5.32 Å². The molecule has 0 aliphatic carbocycles. The van der Waals surface area contributed by atoms with Crippen molar-refractivity contribution in [3.8, 4) is 0 Å². The van der Waals surface area contributed by atoms with E-state index in [0.29, 0.717) is 5.69 Å². The van der Waals surface area contributed by atoms with Crippen molar-refractivity contribution in [2.24, 2.45) is 0 Å². The van der Waals surface area contributed by atoms with Gasteiger partial charge in [-0.1, -0.05) is 11.6 Å². The van der Waals surface area contributed by atoms with Crippen LogP contribution in [-0.2, 0) is 10.0 Å². The lowest BCUT2D eigenvalue weighted by molar-refractivity contribution is 0.102. The maximum absolute atomic E-state index is 13.0. The third-order valence-corrected chi connectivity index (χ3v) is 6.05. The number of halogens is 2. The normalized spacial score (nSPS) is 11.8. The second-order valence-electron chi connectivity index (χ2n) is 5.72. The Morgan fingerprint density at radius 3 is 2.28 bits per heavy atom. The first kappa shape index (κ1) is 19.4. The van der Waals surface area contributed by atoms with E-state index >= 15 is 0 Å². The van der Waals surface area contributed by atoms with Gasteiger partial charge in [0.15, 0.2) is 0 Å². The van der Waals surface area contributed by atoms with E-state index in [1.807, 2.05) is 0 Å². The summed E-state index contributed by atoms with van der Waals surface area (Å²) < 4.78 is 39.1. The van der Waals surface area contributed by atoms with E-state index in [4.69, 9.17) is 11.6 Å². The lowest BCUT2D eigenvalue weighted by atomic mass is 10.2. The van der Waals surface area contributed by atoms with Gasteiger partial charge in [0.25, 0.3) is 5.91 Å². The number of benzene rings is 2. The van der Waals surface area contributed by atoms with Crippen molar-refractivity contribution in [2.75, 3.05) is 12.4 Å². The average molecular weight is 385 g/mol. The minimum atomic E-state index is -3.59. The van der Waals surface area contributed by atoms with Crippen LogP contribution in [0.4, 0.5) is 10.1 Å². The SMILES string of the molecule is CC(C)N(C)S(=O)(=O)c1ccc(NC(=O)c2ccc(F)cc2Cl)cc1. The number of nitrogens with one attached hydrogen (secondary N) is 1. The molecule has 1 amide bonds. The Bertz CT molecular complexity index is 883. The Morgan fingerprint density at radius 2 is 1.76 bits per heavy atom. The van der Waals surface area contributed by atoms with Crippen molar-refractivity contribution in [3.05, 3.63) is 58.9 Å². The van der Waals surface area contributed by atoms with Gasteiger partial charge in [-0.2, -0.15) is 4.31 Å². The number of anilines is 1. The fourth-order valence-electron chi connectivity index (χ4n) is 2.03. The summed E-state index contributed by atoms with van der Waals surface area (Å²) in [5.41, 5.74) is 0.524. The number of amides is 1. The molecule has 5 nitrogen and oxygen atoms in total. The monoisotopic (exact) mass is 384 g/mol. The summed E-state index contributed by atoms with van der Waals surface area (Å²) in [4.78, 5) is 12.3. The molecule has 0 radical (unpaired) electrons. The molecule has 0 fully saturated rings. The first-order chi connectivity index (χ1) is 11.6. The Kier molecular flexibility index (Phi) is 5.82. The third-order valence-electron chi connectivity index (χ3n) is 3.69. The van der Waals surface area contributed by atoms with Gasteiger partial charge in [-0.3, -0.25) is 4.79 Å². The summed E-state index contributed by atoms with van der Waals surface area (Å²) in [7, 11) is -2.08. The van der Waals surface area contributed by atoms with Crippen LogP contribution in [0.1, 0.15) is 24.2 Å². The molecule has 1 N–H and O–H groups in total. The fraction of sp³-hybridized carbons (Fsp3) is 0.235. The number of hydrogen-bond donors (Lipinski definition) is 1. The number of sulfonamides is 1. The van der Waals surface area contributed by atoms with Crippen molar-refractivity contribution < 1.29 is 17.6 Å². The number of rotatable bonds is 5. The van der Waals surface area contributed by atoms with Crippen molar-refractivity contribution >= 4 is 33.2 Å². The van der Waals surface area contributed by atoms with Crippen LogP contribution in [0, 0.1) is 5.82 Å². The number of carbonyl (C=O) groups is 1. The van der Waals surface area contributed by atoms with Gasteiger partial charge in [0.1, 0.15) is 5.82 Å². The van der Waals surface area contributed by atoms with Crippen molar-refractivity contribution in [1.29, 1.82) is 0 Å². The largest absolute Gasteiger partial charge is 0.322 e. The zero-order chi connectivity index (χ0) is 18.8. The molecule has 134 valence electrons. The molecule has 0 spiro atoms. The molecule has 0 aromatic heterocycles. The van der Waals surface area contributed by atoms with Gasteiger partial charge in [0.2, 0.25) is 10.0 Å². The summed E-state index contributed by atoms with van der Waals surface area (Å²) in [6, 6.07) is 9.08. The zero-order valence-electron chi connectivity index (χ0n) is 14.0. The molecule has 2 aromatic rings. The van der Waals surface area contributed by atoms with Gasteiger partial charge in [-0.05, 0) is 56.3 Å². The maximum atomic E-state index is 13.0. The van der Waals surface area contributed by atoms with Crippen LogP contribution < -0.4 is 5.32 Å². The predicted molar refractivity (Wildman–Crippen MR) is 95.9 cm³/mol. The summed E-state index contributed by atoms with van der Waals surface area (Å²) in [6.45, 7) is 3.55. The van der Waals surface area contributed by atoms with Crippen molar-refractivity contribution in [1.82, 2.24) is 4.31 Å². The molecule has 0 atom stereocenters. The van der Waals surface area contributed by atoms with Crippen LogP contribution in [-0.4, -0.2) is 31.7 Å². The van der Waals surface area contributed by atoms with Gasteiger partial charge >= 0.3 is 0 Å². The Hall–Kier alpha value is -1.96. The highest BCUT2D eigenvalue weighted by atomic mass is 35.5. The second-order valence-corrected chi connectivity index (χ2v) is 8.12. The van der Waals surface area contributed by atoms with E-state index in [1.165, 1.54) is 41.7 Å². The minimum absolute atomic E-state index is 0.00439. The summed E-state index contributed by atoms with van der Waals surface area (Å²) >= 11 is 5.85. The van der Waals surface area contributed by atoms with Gasteiger partial charge in [0, 0.05) is 18.8 Å². The molecular weight excluding hydrogens is 367 g/mol. The van der Waals surface area contributed by atoms with E-state index in [1.54, 1.807) is 13.8 Å². The molecule has 0 saturated heterocycles. The van der Waals surface area contributed by atoms with Crippen LogP contribution in [0.5, 0.6) is 0 Å². The lowest BCUT2D eigenvalue weighted by Crippen LogP contribution is -2.33. The van der Waals surface area contributed by atoms with Gasteiger partial charge < -0.3 is 5.32 Å². The Morgan fingerprint density at radius 1 is 1.16 bits per heavy atom. The molecule has 2 rings (SSSR count). The van der Waals surface area contributed by atoms with Crippen molar-refractivity contribution in [3.63, 3.8) is 0 Å². The highest BCUT2D eigenvalue weighted by Crippen LogP contribution is 2.21. The number of nitrogens with zero attached hydrogens (tertiary/aromatic N) is 1. The van der Waals surface area contributed by atoms with Gasteiger partial charge in [-0.25, -0.2) is 12.8 Å².